The molecule has 0 bridgehead atoms. The maximum atomic E-state index is 13.5. The summed E-state index contributed by atoms with van der Waals surface area (Å²) >= 11 is 0. The maximum Gasteiger partial charge on any atom is 0.149 e. The summed E-state index contributed by atoms with van der Waals surface area (Å²) in [5, 5.41) is 4.15. The number of rotatable bonds is 3. The van der Waals surface area contributed by atoms with E-state index in [4.69, 9.17) is 0 Å². The number of allylic oxidation sites excluding steroid dienone is 3. The number of hydrogen-bond acceptors (Lipinski definition) is 1. The van der Waals surface area contributed by atoms with Crippen LogP contribution in [0, 0.1) is 11.6 Å². The summed E-state index contributed by atoms with van der Waals surface area (Å²) in [6.07, 6.45) is 4.83. The van der Waals surface area contributed by atoms with Gasteiger partial charge in [0.1, 0.15) is 17.3 Å². The van der Waals surface area contributed by atoms with Crippen LogP contribution in [-0.4, -0.2) is 8.80 Å². The minimum absolute atomic E-state index is 0.0432. The van der Waals surface area contributed by atoms with E-state index in [0.29, 0.717) is 0 Å². The molecule has 0 unspecified atom stereocenters. The molecule has 1 aromatic carbocycles. The van der Waals surface area contributed by atoms with Crippen molar-refractivity contribution in [3.63, 3.8) is 0 Å². The van der Waals surface area contributed by atoms with E-state index < -0.39 is 20.4 Å². The van der Waals surface area contributed by atoms with Gasteiger partial charge in [-0.2, -0.15) is 0 Å². The highest BCUT2D eigenvalue weighted by Gasteiger charge is 2.16. The minimum atomic E-state index is -0.968. The summed E-state index contributed by atoms with van der Waals surface area (Å²) < 4.78 is 27.0. The molecule has 4 heteroatoms. The first kappa shape index (κ1) is 12.0. The van der Waals surface area contributed by atoms with Crippen LogP contribution in [0.4, 0.5) is 14.5 Å². The van der Waals surface area contributed by atoms with E-state index in [1.807, 2.05) is 6.08 Å². The van der Waals surface area contributed by atoms with Gasteiger partial charge in [-0.1, -0.05) is 31.3 Å². The van der Waals surface area contributed by atoms with Crippen molar-refractivity contribution >= 4 is 14.5 Å². The second kappa shape index (κ2) is 4.83. The predicted octanol–water partition coefficient (Wildman–Crippen LogP) is 3.62. The van der Waals surface area contributed by atoms with Crippen LogP contribution in [0.15, 0.2) is 41.2 Å². The fourth-order valence-corrected chi connectivity index (χ4v) is 3.36. The van der Waals surface area contributed by atoms with Crippen LogP contribution in [0.3, 0.4) is 0 Å². The number of benzene rings is 1. The predicted molar refractivity (Wildman–Crippen MR) is 69.6 cm³/mol. The molecule has 0 atom stereocenters. The van der Waals surface area contributed by atoms with Crippen LogP contribution in [0.5, 0.6) is 0 Å². The van der Waals surface area contributed by atoms with Gasteiger partial charge < -0.3 is 5.32 Å². The van der Waals surface area contributed by atoms with Crippen molar-refractivity contribution < 1.29 is 8.78 Å². The van der Waals surface area contributed by atoms with Gasteiger partial charge in [0.25, 0.3) is 0 Å². The van der Waals surface area contributed by atoms with Gasteiger partial charge in [-0.3, -0.25) is 0 Å². The van der Waals surface area contributed by atoms with Gasteiger partial charge in [-0.25, -0.2) is 8.78 Å². The first-order valence-electron chi connectivity index (χ1n) is 5.70. The Kier molecular flexibility index (Phi) is 3.42. The largest absolute Gasteiger partial charge is 0.354 e. The van der Waals surface area contributed by atoms with Crippen LogP contribution >= 0.6 is 0 Å². The van der Waals surface area contributed by atoms with Gasteiger partial charge in [0.05, 0.1) is 8.80 Å². The summed E-state index contributed by atoms with van der Waals surface area (Å²) in [5.41, 5.74) is 0.897. The number of hydrogen-bond donors (Lipinski definition) is 1. The Morgan fingerprint density at radius 3 is 2.41 bits per heavy atom. The van der Waals surface area contributed by atoms with Crippen molar-refractivity contribution in [1.29, 1.82) is 0 Å². The molecule has 0 heterocycles. The van der Waals surface area contributed by atoms with Gasteiger partial charge in [-0.15, -0.1) is 0 Å². The minimum Gasteiger partial charge on any atom is -0.354 e. The van der Waals surface area contributed by atoms with Crippen LogP contribution in [0.1, 0.15) is 6.42 Å². The van der Waals surface area contributed by atoms with Crippen molar-refractivity contribution in [2.75, 3.05) is 5.32 Å². The molecule has 2 rings (SSSR count). The Hall–Kier alpha value is -1.42. The molecule has 1 aliphatic carbocycles. The Labute approximate surface area is 101 Å². The molecule has 1 aliphatic rings. The third-order valence-electron chi connectivity index (χ3n) is 2.83. The molecule has 0 saturated carbocycles. The zero-order chi connectivity index (χ0) is 12.4. The van der Waals surface area contributed by atoms with E-state index >= 15 is 0 Å². The van der Waals surface area contributed by atoms with Crippen LogP contribution in [-0.2, 0) is 0 Å². The standard InChI is InChI=1S/C13H15F2NSi/c1-17(2)12-8-4-7-11(12)16-13-9(14)5-3-6-10(13)15/h3-6,8,16-17H,7H2,1-2H3. The smallest absolute Gasteiger partial charge is 0.149 e. The molecule has 0 amide bonds. The fourth-order valence-electron chi connectivity index (χ4n) is 1.95. The van der Waals surface area contributed by atoms with Crippen molar-refractivity contribution in [2.45, 2.75) is 19.5 Å². The van der Waals surface area contributed by atoms with E-state index in [0.717, 1.165) is 12.1 Å². The van der Waals surface area contributed by atoms with Crippen LogP contribution in [0.25, 0.3) is 0 Å². The molecule has 1 aromatic rings. The van der Waals surface area contributed by atoms with E-state index in [1.165, 1.54) is 23.4 Å². The van der Waals surface area contributed by atoms with Gasteiger partial charge in [0.15, 0.2) is 0 Å². The molecule has 0 spiro atoms. The molecular weight excluding hydrogens is 236 g/mol. The summed E-state index contributed by atoms with van der Waals surface area (Å²) in [4.78, 5) is 0. The molecular formula is C13H15F2NSi. The molecule has 0 saturated heterocycles. The van der Waals surface area contributed by atoms with E-state index in [-0.39, 0.29) is 5.69 Å². The van der Waals surface area contributed by atoms with Gasteiger partial charge >= 0.3 is 0 Å². The lowest BCUT2D eigenvalue weighted by Gasteiger charge is -2.13. The summed E-state index contributed by atoms with van der Waals surface area (Å²) in [5.74, 6) is -1.09. The molecule has 0 fully saturated rings. The summed E-state index contributed by atoms with van der Waals surface area (Å²) in [7, 11) is -0.968. The molecule has 0 radical (unpaired) electrons. The second-order valence-electron chi connectivity index (χ2n) is 4.42. The first-order chi connectivity index (χ1) is 8.09. The van der Waals surface area contributed by atoms with Gasteiger partial charge in [0, 0.05) is 12.1 Å². The highest BCUT2D eigenvalue weighted by atomic mass is 28.3. The molecule has 17 heavy (non-hydrogen) atoms. The Morgan fingerprint density at radius 1 is 1.18 bits per heavy atom. The second-order valence-corrected chi connectivity index (χ2v) is 7.35. The molecule has 0 aromatic heterocycles. The van der Waals surface area contributed by atoms with E-state index in [9.17, 15) is 8.78 Å². The number of halogens is 2. The van der Waals surface area contributed by atoms with Gasteiger partial charge in [-0.05, 0) is 17.3 Å². The Bertz CT molecular complexity index is 472. The average Bonchev–Trinajstić information content (AvgIpc) is 2.72. The van der Waals surface area contributed by atoms with E-state index in [1.54, 1.807) is 0 Å². The lowest BCUT2D eigenvalue weighted by molar-refractivity contribution is 0.590. The van der Waals surface area contributed by atoms with Crippen molar-refractivity contribution in [3.8, 4) is 0 Å². The molecule has 1 nitrogen and oxygen atoms in total. The SMILES string of the molecule is C[SiH](C)C1=C(Nc2c(F)cccc2F)CC=C1. The Balaban J connectivity index is 2.31. The molecule has 0 aliphatic heterocycles. The highest BCUT2D eigenvalue weighted by Crippen LogP contribution is 2.26. The van der Waals surface area contributed by atoms with Crippen molar-refractivity contribution in [1.82, 2.24) is 0 Å². The zero-order valence-electron chi connectivity index (χ0n) is 9.93. The topological polar surface area (TPSA) is 12.0 Å². The normalized spacial score (nSPS) is 14.9. The Morgan fingerprint density at radius 2 is 1.82 bits per heavy atom. The fraction of sp³-hybridized carbons (Fsp3) is 0.231. The van der Waals surface area contributed by atoms with Crippen molar-refractivity contribution in [2.24, 2.45) is 0 Å². The first-order valence-corrected chi connectivity index (χ1v) is 8.59. The third kappa shape index (κ3) is 2.47. The molecule has 1 N–H and O–H groups in total. The quantitative estimate of drug-likeness (QED) is 0.809. The van der Waals surface area contributed by atoms with E-state index in [2.05, 4.69) is 24.5 Å². The van der Waals surface area contributed by atoms with Gasteiger partial charge in [0.2, 0.25) is 0 Å². The maximum absolute atomic E-state index is 13.5. The summed E-state index contributed by atoms with van der Waals surface area (Å²) in [6.45, 7) is 4.40. The number of anilines is 1. The number of nitrogens with one attached hydrogen (secondary N) is 1. The van der Waals surface area contributed by atoms with Crippen molar-refractivity contribution in [3.05, 3.63) is 52.9 Å². The zero-order valence-corrected chi connectivity index (χ0v) is 11.1. The third-order valence-corrected chi connectivity index (χ3v) is 4.61. The summed E-state index contributed by atoms with van der Waals surface area (Å²) in [6, 6.07) is 3.90. The molecule has 90 valence electrons. The number of para-hydroxylation sites is 1. The highest BCUT2D eigenvalue weighted by molar-refractivity contribution is 6.65. The average molecular weight is 251 g/mol. The lowest BCUT2D eigenvalue weighted by atomic mass is 10.2. The van der Waals surface area contributed by atoms with Crippen LogP contribution < -0.4 is 5.32 Å². The monoisotopic (exact) mass is 251 g/mol. The lowest BCUT2D eigenvalue weighted by Crippen LogP contribution is -2.11. The van der Waals surface area contributed by atoms with Crippen LogP contribution in [0.2, 0.25) is 13.1 Å².